The van der Waals surface area contributed by atoms with Crippen molar-refractivity contribution in [1.29, 1.82) is 0 Å². The molecule has 1 aromatic rings. The van der Waals surface area contributed by atoms with E-state index in [4.69, 9.17) is 14.9 Å². The normalized spacial score (nSPS) is 24.4. The number of hydrogen-bond acceptors (Lipinski definition) is 6. The van der Waals surface area contributed by atoms with E-state index in [2.05, 4.69) is 11.9 Å². The highest BCUT2D eigenvalue weighted by Gasteiger charge is 2.40. The minimum Gasteiger partial charge on any atom is -0.478 e. The van der Waals surface area contributed by atoms with Gasteiger partial charge in [0.25, 0.3) is 0 Å². The van der Waals surface area contributed by atoms with Gasteiger partial charge in [-0.25, -0.2) is 9.59 Å². The van der Waals surface area contributed by atoms with Crippen LogP contribution in [-0.2, 0) is 19.1 Å². The van der Waals surface area contributed by atoms with Gasteiger partial charge in [-0.05, 0) is 38.3 Å². The van der Waals surface area contributed by atoms with Crippen molar-refractivity contribution >= 4 is 17.9 Å². The van der Waals surface area contributed by atoms with E-state index >= 15 is 0 Å². The molecule has 1 aromatic carbocycles. The molecule has 0 radical (unpaired) electrons. The molecule has 2 aliphatic rings. The first-order valence-corrected chi connectivity index (χ1v) is 9.54. The van der Waals surface area contributed by atoms with Gasteiger partial charge in [0.2, 0.25) is 0 Å². The number of carboxylic acids is 2. The molecule has 158 valence electrons. The molecule has 2 heterocycles. The van der Waals surface area contributed by atoms with E-state index in [0.29, 0.717) is 24.2 Å². The number of aliphatic hydroxyl groups is 1. The lowest BCUT2D eigenvalue weighted by Gasteiger charge is -2.36. The number of piperidine rings is 1. The Morgan fingerprint density at radius 3 is 2.03 bits per heavy atom. The Hall–Kier alpha value is -2.71. The van der Waals surface area contributed by atoms with Crippen LogP contribution in [0.1, 0.15) is 37.2 Å². The second-order valence-electron chi connectivity index (χ2n) is 7.24. The smallest absolute Gasteiger partial charge is 0.328 e. The molecular weight excluding hydrogens is 378 g/mol. The summed E-state index contributed by atoms with van der Waals surface area (Å²) in [7, 11) is 2.17. The van der Waals surface area contributed by atoms with Crippen LogP contribution in [0.5, 0.6) is 0 Å². The maximum Gasteiger partial charge on any atom is 0.328 e. The molecule has 8 nitrogen and oxygen atoms in total. The van der Waals surface area contributed by atoms with Gasteiger partial charge in [0.05, 0.1) is 6.61 Å². The average molecular weight is 405 g/mol. The monoisotopic (exact) mass is 405 g/mol. The number of carbonyl (C=O) groups is 3. The molecule has 2 bridgehead atoms. The summed E-state index contributed by atoms with van der Waals surface area (Å²) >= 11 is 0. The maximum atomic E-state index is 12.4. The number of fused-ring (bicyclic) bond motifs is 2. The number of carbonyl (C=O) groups excluding carboxylic acids is 1. The van der Waals surface area contributed by atoms with Crippen molar-refractivity contribution in [2.75, 3.05) is 13.7 Å². The van der Waals surface area contributed by atoms with Crippen molar-refractivity contribution < 1.29 is 34.4 Å². The van der Waals surface area contributed by atoms with Gasteiger partial charge in [-0.15, -0.1) is 0 Å². The molecule has 2 saturated heterocycles. The predicted octanol–water partition coefficient (Wildman–Crippen LogP) is 1.64. The summed E-state index contributed by atoms with van der Waals surface area (Å²) in [5.41, 5.74) is 0.820. The third-order valence-corrected chi connectivity index (χ3v) is 5.38. The van der Waals surface area contributed by atoms with E-state index in [0.717, 1.165) is 18.4 Å². The third-order valence-electron chi connectivity index (χ3n) is 5.38. The van der Waals surface area contributed by atoms with Crippen molar-refractivity contribution in [2.45, 2.75) is 49.8 Å². The van der Waals surface area contributed by atoms with E-state index in [-0.39, 0.29) is 18.7 Å². The van der Waals surface area contributed by atoms with Crippen molar-refractivity contribution in [3.8, 4) is 0 Å². The third kappa shape index (κ3) is 6.69. The van der Waals surface area contributed by atoms with E-state index in [1.165, 1.54) is 12.8 Å². The van der Waals surface area contributed by atoms with Crippen LogP contribution in [0.3, 0.4) is 0 Å². The minimum atomic E-state index is -1.26. The first-order chi connectivity index (χ1) is 13.8. The average Bonchev–Trinajstić information content (AvgIpc) is 2.89. The molecule has 2 fully saturated rings. The number of esters is 1. The summed E-state index contributed by atoms with van der Waals surface area (Å²) in [5, 5.41) is 25.2. The Labute approximate surface area is 169 Å². The molecule has 1 unspecified atom stereocenters. The highest BCUT2D eigenvalue weighted by molar-refractivity contribution is 5.89. The second kappa shape index (κ2) is 10.7. The van der Waals surface area contributed by atoms with Crippen molar-refractivity contribution in [2.24, 2.45) is 0 Å². The van der Waals surface area contributed by atoms with Gasteiger partial charge in [-0.2, -0.15) is 0 Å². The SMILES string of the molecule is CN1[C@@H]2CC[C@H]1C[C@@H](OC(=O)C(CO)c1ccccc1)C2.O=C(O)/C=C\C(=O)O. The number of aliphatic hydroxyl groups excluding tert-OH is 1. The lowest BCUT2D eigenvalue weighted by molar-refractivity contribution is -0.155. The Morgan fingerprint density at radius 2 is 1.59 bits per heavy atom. The van der Waals surface area contributed by atoms with Crippen LogP contribution in [0.4, 0.5) is 0 Å². The summed E-state index contributed by atoms with van der Waals surface area (Å²) in [6.07, 6.45) is 5.38. The van der Waals surface area contributed by atoms with Gasteiger partial charge in [0, 0.05) is 24.2 Å². The highest BCUT2D eigenvalue weighted by atomic mass is 16.5. The largest absolute Gasteiger partial charge is 0.478 e. The maximum absolute atomic E-state index is 12.4. The lowest BCUT2D eigenvalue weighted by Crippen LogP contribution is -2.43. The van der Waals surface area contributed by atoms with E-state index in [1.807, 2.05) is 30.3 Å². The number of nitrogens with zero attached hydrogens (tertiary/aromatic N) is 1. The Balaban J connectivity index is 0.000000321. The number of benzene rings is 1. The Kier molecular flexibility index (Phi) is 8.35. The van der Waals surface area contributed by atoms with Crippen molar-refractivity contribution in [1.82, 2.24) is 4.90 Å². The first-order valence-electron chi connectivity index (χ1n) is 9.54. The zero-order valence-corrected chi connectivity index (χ0v) is 16.3. The zero-order chi connectivity index (χ0) is 21.4. The zero-order valence-electron chi connectivity index (χ0n) is 16.3. The topological polar surface area (TPSA) is 124 Å². The van der Waals surface area contributed by atoms with E-state index in [9.17, 15) is 19.5 Å². The quantitative estimate of drug-likeness (QED) is 0.482. The van der Waals surface area contributed by atoms with Crippen LogP contribution in [0.25, 0.3) is 0 Å². The molecule has 29 heavy (non-hydrogen) atoms. The van der Waals surface area contributed by atoms with Crippen molar-refractivity contribution in [3.05, 3.63) is 48.0 Å². The van der Waals surface area contributed by atoms with E-state index in [1.54, 1.807) is 0 Å². The van der Waals surface area contributed by atoms with Gasteiger partial charge in [0.1, 0.15) is 12.0 Å². The molecule has 2 aliphatic heterocycles. The molecule has 0 amide bonds. The summed E-state index contributed by atoms with van der Waals surface area (Å²) < 4.78 is 5.70. The van der Waals surface area contributed by atoms with E-state index < -0.39 is 17.9 Å². The second-order valence-corrected chi connectivity index (χ2v) is 7.24. The van der Waals surface area contributed by atoms with Gasteiger partial charge < -0.3 is 25.0 Å². The van der Waals surface area contributed by atoms with Crippen LogP contribution in [-0.4, -0.2) is 70.0 Å². The fourth-order valence-electron chi connectivity index (χ4n) is 3.85. The van der Waals surface area contributed by atoms with Gasteiger partial charge >= 0.3 is 17.9 Å². The van der Waals surface area contributed by atoms with Gasteiger partial charge in [-0.3, -0.25) is 4.79 Å². The molecule has 3 N–H and O–H groups in total. The molecule has 3 rings (SSSR count). The Bertz CT molecular complexity index is 704. The number of carboxylic acid groups (broad SMARTS) is 2. The van der Waals surface area contributed by atoms with Crippen LogP contribution >= 0.6 is 0 Å². The molecule has 4 atom stereocenters. The first kappa shape index (κ1) is 22.6. The standard InChI is InChI=1S/C17H23NO3.C4H4O4/c1-18-13-7-8-14(18)10-15(9-13)21-17(20)16(11-19)12-5-3-2-4-6-12;5-3(6)1-2-4(7)8/h2-6,13-16,19H,7-11H2,1H3;1-2H,(H,5,6)(H,7,8)/b;2-1-/t13-,14+,15+,16?;. The number of ether oxygens (including phenoxy) is 1. The summed E-state index contributed by atoms with van der Waals surface area (Å²) in [6.45, 7) is -0.206. The predicted molar refractivity (Wildman–Crippen MR) is 104 cm³/mol. The molecule has 0 saturated carbocycles. The fraction of sp³-hybridized carbons (Fsp3) is 0.476. The number of aliphatic carboxylic acids is 2. The molecule has 8 heteroatoms. The molecule has 0 aliphatic carbocycles. The summed E-state index contributed by atoms with van der Waals surface area (Å²) in [5.74, 6) is -3.37. The van der Waals surface area contributed by atoms with Gasteiger partial charge in [0.15, 0.2) is 0 Å². The molecule has 0 aromatic heterocycles. The fourth-order valence-corrected chi connectivity index (χ4v) is 3.85. The Morgan fingerprint density at radius 1 is 1.07 bits per heavy atom. The minimum absolute atomic E-state index is 0.00367. The van der Waals surface area contributed by atoms with Crippen LogP contribution in [0.15, 0.2) is 42.5 Å². The highest BCUT2D eigenvalue weighted by Crippen LogP contribution is 2.36. The van der Waals surface area contributed by atoms with Crippen LogP contribution in [0.2, 0.25) is 0 Å². The van der Waals surface area contributed by atoms with Gasteiger partial charge in [-0.1, -0.05) is 30.3 Å². The molecular formula is C21H27NO7. The van der Waals surface area contributed by atoms with Crippen molar-refractivity contribution in [3.63, 3.8) is 0 Å². The summed E-state index contributed by atoms with van der Waals surface area (Å²) in [4.78, 5) is 33.9. The molecule has 0 spiro atoms. The number of hydrogen-bond donors (Lipinski definition) is 3. The lowest BCUT2D eigenvalue weighted by atomic mass is 9.98. The summed E-state index contributed by atoms with van der Waals surface area (Å²) in [6, 6.07) is 10.5. The number of rotatable bonds is 6. The van der Waals surface area contributed by atoms with Crippen LogP contribution in [0, 0.1) is 0 Å². The van der Waals surface area contributed by atoms with Crippen LogP contribution < -0.4 is 0 Å².